The summed E-state index contributed by atoms with van der Waals surface area (Å²) < 4.78 is 0. The molecule has 2 rings (SSSR count). The van der Waals surface area contributed by atoms with Crippen LogP contribution in [0.15, 0.2) is 42.7 Å². The molecule has 0 aliphatic carbocycles. The number of aliphatic carboxylic acids is 1. The van der Waals surface area contributed by atoms with Crippen molar-refractivity contribution in [1.29, 1.82) is 0 Å². The molecule has 2 aromatic rings. The average molecular weight is 243 g/mol. The number of hydrogen-bond donors (Lipinski definition) is 2. The van der Waals surface area contributed by atoms with Gasteiger partial charge in [0.2, 0.25) is 0 Å². The van der Waals surface area contributed by atoms with E-state index >= 15 is 0 Å². The van der Waals surface area contributed by atoms with Crippen LogP contribution in [0.5, 0.6) is 0 Å². The van der Waals surface area contributed by atoms with E-state index in [-0.39, 0.29) is 0 Å². The van der Waals surface area contributed by atoms with Gasteiger partial charge in [0.15, 0.2) is 5.82 Å². The molecule has 0 radical (unpaired) electrons. The van der Waals surface area contributed by atoms with Gasteiger partial charge in [-0.25, -0.2) is 9.97 Å². The van der Waals surface area contributed by atoms with E-state index in [9.17, 15) is 4.79 Å². The molecule has 5 heteroatoms. The summed E-state index contributed by atoms with van der Waals surface area (Å²) in [5.41, 5.74) is 1.51. The number of carboxylic acid groups (broad SMARTS) is 1. The van der Waals surface area contributed by atoms with Crippen LogP contribution in [0.1, 0.15) is 6.92 Å². The topological polar surface area (TPSA) is 75.1 Å². The fraction of sp³-hybridized carbons (Fsp3) is 0.154. The molecule has 0 fully saturated rings. The molecule has 1 unspecified atom stereocenters. The minimum absolute atomic E-state index is 0.588. The lowest BCUT2D eigenvalue weighted by atomic mass is 10.2. The molecule has 0 aliphatic rings. The first-order valence-electron chi connectivity index (χ1n) is 5.53. The first-order valence-corrected chi connectivity index (χ1v) is 5.53. The summed E-state index contributed by atoms with van der Waals surface area (Å²) in [4.78, 5) is 19.1. The van der Waals surface area contributed by atoms with Crippen LogP contribution < -0.4 is 5.32 Å². The Hall–Kier alpha value is -2.43. The Morgan fingerprint density at radius 3 is 2.39 bits per heavy atom. The first kappa shape index (κ1) is 12.0. The molecule has 0 bridgehead atoms. The third-order valence-corrected chi connectivity index (χ3v) is 2.44. The molecule has 0 saturated heterocycles. The van der Waals surface area contributed by atoms with Crippen LogP contribution >= 0.6 is 0 Å². The minimum atomic E-state index is -0.915. The Morgan fingerprint density at radius 1 is 1.22 bits per heavy atom. The summed E-state index contributed by atoms with van der Waals surface area (Å²) in [5, 5.41) is 11.6. The average Bonchev–Trinajstić information content (AvgIpc) is 2.40. The number of anilines is 1. The van der Waals surface area contributed by atoms with Gasteiger partial charge in [-0.1, -0.05) is 30.3 Å². The molecule has 1 heterocycles. The van der Waals surface area contributed by atoms with E-state index in [0.717, 1.165) is 5.56 Å². The van der Waals surface area contributed by atoms with Crippen LogP contribution in [0.3, 0.4) is 0 Å². The molecule has 0 aliphatic heterocycles. The zero-order valence-corrected chi connectivity index (χ0v) is 9.87. The third kappa shape index (κ3) is 2.82. The van der Waals surface area contributed by atoms with Crippen molar-refractivity contribution in [2.45, 2.75) is 13.0 Å². The molecular weight excluding hydrogens is 230 g/mol. The Morgan fingerprint density at radius 2 is 1.83 bits per heavy atom. The Balaban J connectivity index is 2.13. The highest BCUT2D eigenvalue weighted by Gasteiger charge is 2.10. The maximum absolute atomic E-state index is 10.7. The number of rotatable bonds is 4. The molecule has 92 valence electrons. The summed E-state index contributed by atoms with van der Waals surface area (Å²) in [7, 11) is 0. The lowest BCUT2D eigenvalue weighted by molar-refractivity contribution is -0.137. The Bertz CT molecular complexity index is 526. The summed E-state index contributed by atoms with van der Waals surface area (Å²) in [6.07, 6.45) is 3.16. The normalized spacial score (nSPS) is 11.8. The SMILES string of the molecule is CC(Nc1cnc(-c2ccccc2)nc1)C(=O)O. The van der Waals surface area contributed by atoms with Gasteiger partial charge in [0.05, 0.1) is 18.1 Å². The molecule has 2 N–H and O–H groups in total. The highest BCUT2D eigenvalue weighted by Crippen LogP contribution is 2.15. The number of carbonyl (C=O) groups is 1. The smallest absolute Gasteiger partial charge is 0.325 e. The van der Waals surface area contributed by atoms with Crippen molar-refractivity contribution in [2.75, 3.05) is 5.32 Å². The Labute approximate surface area is 105 Å². The quantitative estimate of drug-likeness (QED) is 0.859. The van der Waals surface area contributed by atoms with Crippen molar-refractivity contribution in [1.82, 2.24) is 9.97 Å². The maximum atomic E-state index is 10.7. The van der Waals surface area contributed by atoms with Crippen molar-refractivity contribution in [2.24, 2.45) is 0 Å². The highest BCUT2D eigenvalue weighted by atomic mass is 16.4. The van der Waals surface area contributed by atoms with E-state index < -0.39 is 12.0 Å². The number of hydrogen-bond acceptors (Lipinski definition) is 4. The molecule has 1 atom stereocenters. The van der Waals surface area contributed by atoms with Gasteiger partial charge in [0.25, 0.3) is 0 Å². The second-order valence-corrected chi connectivity index (χ2v) is 3.87. The summed E-state index contributed by atoms with van der Waals surface area (Å²) in [6, 6.07) is 8.92. The van der Waals surface area contributed by atoms with Crippen molar-refractivity contribution >= 4 is 11.7 Å². The molecule has 0 saturated carbocycles. The molecule has 18 heavy (non-hydrogen) atoms. The summed E-state index contributed by atoms with van der Waals surface area (Å²) >= 11 is 0. The van der Waals surface area contributed by atoms with Gasteiger partial charge >= 0.3 is 5.97 Å². The van der Waals surface area contributed by atoms with E-state index in [1.54, 1.807) is 19.3 Å². The standard InChI is InChI=1S/C13H13N3O2/c1-9(13(17)18)16-11-7-14-12(15-8-11)10-5-3-2-4-6-10/h2-9,16H,1H3,(H,17,18). The monoisotopic (exact) mass is 243 g/mol. The van der Waals surface area contributed by atoms with Crippen LogP contribution in [0.2, 0.25) is 0 Å². The van der Waals surface area contributed by atoms with Crippen molar-refractivity contribution in [3.8, 4) is 11.4 Å². The van der Waals surface area contributed by atoms with Crippen LogP contribution in [0.4, 0.5) is 5.69 Å². The molecule has 5 nitrogen and oxygen atoms in total. The number of aromatic nitrogens is 2. The van der Waals surface area contributed by atoms with Gasteiger partial charge in [-0.3, -0.25) is 4.79 Å². The fourth-order valence-electron chi connectivity index (χ4n) is 1.45. The zero-order chi connectivity index (χ0) is 13.0. The number of carboxylic acids is 1. The van der Waals surface area contributed by atoms with E-state index in [0.29, 0.717) is 11.5 Å². The largest absolute Gasteiger partial charge is 0.480 e. The number of nitrogens with zero attached hydrogens (tertiary/aromatic N) is 2. The fourth-order valence-corrected chi connectivity index (χ4v) is 1.45. The second-order valence-electron chi connectivity index (χ2n) is 3.87. The Kier molecular flexibility index (Phi) is 3.52. The molecular formula is C13H13N3O2. The van der Waals surface area contributed by atoms with Crippen molar-refractivity contribution in [3.05, 3.63) is 42.7 Å². The van der Waals surface area contributed by atoms with E-state index in [2.05, 4.69) is 15.3 Å². The maximum Gasteiger partial charge on any atom is 0.325 e. The summed E-state index contributed by atoms with van der Waals surface area (Å²) in [6.45, 7) is 1.56. The van der Waals surface area contributed by atoms with Crippen molar-refractivity contribution < 1.29 is 9.90 Å². The third-order valence-electron chi connectivity index (χ3n) is 2.44. The predicted octanol–water partition coefficient (Wildman–Crippen LogP) is 2.03. The van der Waals surface area contributed by atoms with E-state index in [1.165, 1.54) is 0 Å². The molecule has 0 spiro atoms. The molecule has 1 aromatic carbocycles. The van der Waals surface area contributed by atoms with E-state index in [4.69, 9.17) is 5.11 Å². The first-order chi connectivity index (χ1) is 8.66. The number of nitrogens with one attached hydrogen (secondary N) is 1. The van der Waals surface area contributed by atoms with Crippen LogP contribution in [0.25, 0.3) is 11.4 Å². The van der Waals surface area contributed by atoms with Crippen molar-refractivity contribution in [3.63, 3.8) is 0 Å². The van der Waals surface area contributed by atoms with Gasteiger partial charge in [-0.05, 0) is 6.92 Å². The van der Waals surface area contributed by atoms with Gasteiger partial charge < -0.3 is 10.4 Å². The highest BCUT2D eigenvalue weighted by molar-refractivity contribution is 5.76. The van der Waals surface area contributed by atoms with Crippen LogP contribution in [-0.2, 0) is 4.79 Å². The van der Waals surface area contributed by atoms with E-state index in [1.807, 2.05) is 30.3 Å². The van der Waals surface area contributed by atoms with Gasteiger partial charge in [-0.15, -0.1) is 0 Å². The summed E-state index contributed by atoms with van der Waals surface area (Å²) in [5.74, 6) is -0.300. The molecule has 1 aromatic heterocycles. The van der Waals surface area contributed by atoms with Gasteiger partial charge in [-0.2, -0.15) is 0 Å². The minimum Gasteiger partial charge on any atom is -0.480 e. The van der Waals surface area contributed by atoms with Gasteiger partial charge in [0, 0.05) is 5.56 Å². The van der Waals surface area contributed by atoms with Crippen LogP contribution in [0, 0.1) is 0 Å². The lowest BCUT2D eigenvalue weighted by Crippen LogP contribution is -2.25. The number of benzene rings is 1. The van der Waals surface area contributed by atoms with Gasteiger partial charge in [0.1, 0.15) is 6.04 Å². The second kappa shape index (κ2) is 5.27. The van der Waals surface area contributed by atoms with Crippen LogP contribution in [-0.4, -0.2) is 27.1 Å². The predicted molar refractivity (Wildman–Crippen MR) is 68.2 cm³/mol. The lowest BCUT2D eigenvalue weighted by Gasteiger charge is -2.10. The molecule has 0 amide bonds. The zero-order valence-electron chi connectivity index (χ0n) is 9.87.